The van der Waals surface area contributed by atoms with Crippen molar-refractivity contribution in [3.8, 4) is 0 Å². The topological polar surface area (TPSA) is 659 Å². The van der Waals surface area contributed by atoms with E-state index < -0.39 is 215 Å². The molecule has 0 aromatic carbocycles. The fourth-order valence-corrected chi connectivity index (χ4v) is 15.4. The highest BCUT2D eigenvalue weighted by atomic mass is 31.2. The number of aliphatic hydroxyl groups is 2. The van der Waals surface area contributed by atoms with Gasteiger partial charge in [-0.15, -0.1) is 0 Å². The Hall–Kier alpha value is -7.50. The van der Waals surface area contributed by atoms with Crippen molar-refractivity contribution in [2.24, 2.45) is 0 Å². The molecular formula is C49H63N17O30P4. The average Bonchev–Trinajstić information content (AvgIpc) is 1.63. The Morgan fingerprint density at radius 2 is 0.840 bits per heavy atom. The Bertz CT molecular complexity index is 4900. The molecular weight excluding hydrogens is 1430 g/mol. The largest absolute Gasteiger partial charge is 0.472 e. The zero-order valence-corrected chi connectivity index (χ0v) is 55.2. The van der Waals surface area contributed by atoms with Gasteiger partial charge in [0.25, 0.3) is 22.2 Å². The quantitative estimate of drug-likeness (QED) is 0.0237. The molecule has 5 aliphatic heterocycles. The molecule has 12 rings (SSSR count). The number of nitrogens with zero attached hydrogens (tertiary/aromatic N) is 10. The average molecular weight is 1490 g/mol. The molecule has 51 heteroatoms. The molecule has 0 aliphatic carbocycles. The lowest BCUT2D eigenvalue weighted by Gasteiger charge is -2.25. The first kappa shape index (κ1) is 72.3. The lowest BCUT2D eigenvalue weighted by molar-refractivity contribution is -0.0641. The normalized spacial score (nSPS) is 29.5. The number of nitrogen functional groups attached to an aromatic ring is 3. The standard InChI is InChI=1S/C49H63N17O30P4/c1-19-10-63(48(74)60-41(19)69)32-5-21(68)27(89-32)13-84-97(76,77)94-23-7-33(62-4-3-31(50)55-47(62)73)90-28(23)14-86-99(80,81)95-25-9-36(66-18-54-38-40(66)57-46(52)59-44(38)72)92-30(25)16-87-100(82,83)96-24-8-35(65-17-53-37-39(65)56-45(51)58-43(37)71)91-29(24)15-85-98(78,79)93-22-6-34(88-26(22)12-67)64-11-20(2)42(70)61-49(64)75/h3-4,10-11,17-18,21-30,32-36,67-68H,5-9,12-16H2,1-2H3,(H,76,77)(H,78,79)(H,80,81)(H,82,83)(H2,50,55,73)(H,60,69,74)(H,61,70,75)(H3,51,56,58,71)(H3,52,57,59,72)/t21-,22-,23-,24-,25-,26+,27+,28+,29+,30+,32+,33+,34+,35+,36+/m0/s1. The highest BCUT2D eigenvalue weighted by molar-refractivity contribution is 7.48. The van der Waals surface area contributed by atoms with Crippen LogP contribution in [0.15, 0.2) is 70.9 Å². The third kappa shape index (κ3) is 15.9. The van der Waals surface area contributed by atoms with E-state index in [2.05, 4.69) is 44.9 Å². The van der Waals surface area contributed by atoms with Crippen molar-refractivity contribution in [3.05, 3.63) is 121 Å². The number of phosphoric ester groups is 4. The van der Waals surface area contributed by atoms with Crippen LogP contribution in [0.25, 0.3) is 22.3 Å². The van der Waals surface area contributed by atoms with Gasteiger partial charge < -0.3 is 70.7 Å². The van der Waals surface area contributed by atoms with Crippen molar-refractivity contribution in [2.75, 3.05) is 50.2 Å². The SMILES string of the molecule is Cc1cn([C@H]2C[C@H](OP(=O)(O)OC[C@H]3O[C@@H](n4cnc5c(=O)[nH]c(N)nc54)C[C@@H]3OP(=O)(O)OC[C@H]3O[C@@H](n4cnc5c(=O)[nH]c(N)nc54)C[C@@H]3OP(=O)(O)OC[C@H]3O[C@@H](n4ccc(N)nc4=O)C[C@@H]3OP(=O)(O)OC[C@H]3O[C@@H](n4cc(C)c(=O)[nH]c4=O)C[C@@H]3O)[C@@H](CO)O2)c(=O)[nH]c1=O. The van der Waals surface area contributed by atoms with Crippen molar-refractivity contribution in [3.63, 3.8) is 0 Å². The van der Waals surface area contributed by atoms with Crippen molar-refractivity contribution >= 4 is 71.3 Å². The Morgan fingerprint density at radius 1 is 0.490 bits per heavy atom. The number of fused-ring (bicyclic) bond motifs is 2. The summed E-state index contributed by atoms with van der Waals surface area (Å²) >= 11 is 0. The molecule has 7 aromatic heterocycles. The van der Waals surface area contributed by atoms with Gasteiger partial charge in [-0.2, -0.15) is 15.0 Å². The second-order valence-electron chi connectivity index (χ2n) is 23.3. The van der Waals surface area contributed by atoms with Gasteiger partial charge in [0, 0.05) is 61.8 Å². The van der Waals surface area contributed by atoms with E-state index in [9.17, 15) is 81.6 Å². The number of hydrogen-bond donors (Lipinski definition) is 13. The van der Waals surface area contributed by atoms with Crippen LogP contribution in [0.1, 0.15) is 74.4 Å². The minimum absolute atomic E-state index is 0.108. The van der Waals surface area contributed by atoms with Crippen LogP contribution < -0.4 is 56.5 Å². The highest BCUT2D eigenvalue weighted by Crippen LogP contribution is 2.55. The summed E-state index contributed by atoms with van der Waals surface area (Å²) in [6.45, 7) is -1.93. The number of rotatable bonds is 26. The number of hydrogen-bond acceptors (Lipinski definition) is 34. The van der Waals surface area contributed by atoms with Crippen LogP contribution in [0.4, 0.5) is 17.7 Å². The predicted molar refractivity (Wildman–Crippen MR) is 328 cm³/mol. The summed E-state index contributed by atoms with van der Waals surface area (Å²) in [4.78, 5) is 162. The van der Waals surface area contributed by atoms with Gasteiger partial charge in [0.05, 0.1) is 51.8 Å². The predicted octanol–water partition coefficient (Wildman–Crippen LogP) is -3.23. The van der Waals surface area contributed by atoms with Crippen molar-refractivity contribution < 1.29 is 108 Å². The third-order valence-electron chi connectivity index (χ3n) is 16.4. The maximum absolute atomic E-state index is 14.3. The number of aryl methyl sites for hydroxylation is 2. The van der Waals surface area contributed by atoms with Crippen LogP contribution in [-0.4, -0.2) is 192 Å². The van der Waals surface area contributed by atoms with E-state index in [1.807, 2.05) is 0 Å². The number of nitrogens with two attached hydrogens (primary N) is 3. The van der Waals surface area contributed by atoms with Gasteiger partial charge in [-0.1, -0.05) is 0 Å². The molecule has 7 aromatic rings. The number of anilines is 3. The number of aromatic amines is 4. The van der Waals surface area contributed by atoms with E-state index in [-0.39, 0.29) is 64.0 Å². The van der Waals surface area contributed by atoms with E-state index in [1.165, 1.54) is 36.9 Å². The lowest BCUT2D eigenvalue weighted by Crippen LogP contribution is -2.33. The molecule has 16 N–H and O–H groups in total. The summed E-state index contributed by atoms with van der Waals surface area (Å²) in [6, 6.07) is 1.22. The van der Waals surface area contributed by atoms with Crippen LogP contribution in [0, 0.1) is 13.8 Å². The summed E-state index contributed by atoms with van der Waals surface area (Å²) in [5.41, 5.74) is 11.1. The van der Waals surface area contributed by atoms with Gasteiger partial charge in [0.2, 0.25) is 11.9 Å². The molecule has 0 spiro atoms. The summed E-state index contributed by atoms with van der Waals surface area (Å²) in [5.74, 6) is -0.924. The van der Waals surface area contributed by atoms with Gasteiger partial charge >= 0.3 is 48.4 Å². The number of imidazole rings is 2. The number of ether oxygens (including phenoxy) is 5. The second kappa shape index (κ2) is 28.4. The molecule has 47 nitrogen and oxygen atoms in total. The highest BCUT2D eigenvalue weighted by Gasteiger charge is 2.50. The zero-order chi connectivity index (χ0) is 71.7. The van der Waals surface area contributed by atoms with Crippen LogP contribution in [-0.2, 0) is 78.1 Å². The lowest BCUT2D eigenvalue weighted by atomic mass is 10.2. The molecule has 0 radical (unpaired) electrons. The molecule has 0 saturated carbocycles. The maximum atomic E-state index is 14.3. The molecule has 0 amide bonds. The van der Waals surface area contributed by atoms with Gasteiger partial charge in [0.15, 0.2) is 22.3 Å². The second-order valence-corrected chi connectivity index (χ2v) is 28.9. The summed E-state index contributed by atoms with van der Waals surface area (Å²) in [6.07, 6.45) is -18.4. The molecule has 0 bridgehead atoms. The Kier molecular flexibility index (Phi) is 20.5. The minimum Gasteiger partial charge on any atom is -0.394 e. The molecule has 5 fully saturated rings. The van der Waals surface area contributed by atoms with Gasteiger partial charge in [-0.05, 0) is 19.9 Å². The van der Waals surface area contributed by atoms with Crippen LogP contribution in [0.5, 0.6) is 0 Å². The zero-order valence-electron chi connectivity index (χ0n) is 51.7. The van der Waals surface area contributed by atoms with Crippen molar-refractivity contribution in [1.29, 1.82) is 0 Å². The van der Waals surface area contributed by atoms with E-state index in [0.717, 1.165) is 37.1 Å². The molecule has 4 unspecified atom stereocenters. The van der Waals surface area contributed by atoms with Gasteiger partial charge in [0.1, 0.15) is 91.9 Å². The molecule has 19 atom stereocenters. The Labute approximate surface area is 555 Å². The Morgan fingerprint density at radius 3 is 1.24 bits per heavy atom. The fourth-order valence-electron chi connectivity index (χ4n) is 11.6. The number of H-pyrrole nitrogens is 4. The first-order valence-electron chi connectivity index (χ1n) is 29.8. The van der Waals surface area contributed by atoms with Crippen LogP contribution in [0.3, 0.4) is 0 Å². The summed E-state index contributed by atoms with van der Waals surface area (Å²) in [7, 11) is -21.7. The van der Waals surface area contributed by atoms with Crippen molar-refractivity contribution in [2.45, 2.75) is 138 Å². The number of phosphoric acid groups is 4. The van der Waals surface area contributed by atoms with Gasteiger partial charge in [-0.3, -0.25) is 98.1 Å². The first-order valence-corrected chi connectivity index (χ1v) is 35.8. The first-order chi connectivity index (χ1) is 47.2. The van der Waals surface area contributed by atoms with Gasteiger partial charge in [-0.25, -0.2) is 42.6 Å². The minimum atomic E-state index is -5.54. The molecule has 12 heterocycles. The molecule has 5 saturated heterocycles. The van der Waals surface area contributed by atoms with Crippen LogP contribution in [0.2, 0.25) is 0 Å². The summed E-state index contributed by atoms with van der Waals surface area (Å²) < 4.78 is 134. The Balaban J connectivity index is 0.750. The van der Waals surface area contributed by atoms with Crippen LogP contribution >= 0.6 is 31.3 Å². The number of nitrogens with one attached hydrogen (secondary N) is 4. The van der Waals surface area contributed by atoms with E-state index in [1.54, 1.807) is 0 Å². The third-order valence-corrected chi connectivity index (χ3v) is 20.4. The van der Waals surface area contributed by atoms with E-state index in [4.69, 9.17) is 77.1 Å². The maximum Gasteiger partial charge on any atom is 0.472 e. The monoisotopic (exact) mass is 1490 g/mol. The molecule has 5 aliphatic rings. The molecule has 100 heavy (non-hydrogen) atoms. The van der Waals surface area contributed by atoms with E-state index >= 15 is 0 Å². The molecule has 544 valence electrons. The smallest absolute Gasteiger partial charge is 0.394 e. The van der Waals surface area contributed by atoms with Crippen molar-refractivity contribution in [1.82, 2.24) is 67.7 Å². The number of aliphatic hydroxyl groups excluding tert-OH is 2. The number of aromatic nitrogens is 14. The fraction of sp³-hybridized carbons (Fsp3) is 0.551. The summed E-state index contributed by atoms with van der Waals surface area (Å²) in [5, 5.41) is 20.9. The van der Waals surface area contributed by atoms with E-state index in [0.29, 0.717) is 0 Å².